The third-order valence-electron chi connectivity index (χ3n) is 1.56. The summed E-state index contributed by atoms with van der Waals surface area (Å²) >= 11 is 0. The zero-order valence-corrected chi connectivity index (χ0v) is 8.35. The molecule has 1 aromatic rings. The maximum Gasteiger partial charge on any atom is 0.301 e. The number of halogens is 3. The maximum atomic E-state index is 13.0. The van der Waals surface area contributed by atoms with E-state index in [1.807, 2.05) is 0 Å². The Hall–Kier alpha value is -0.940. The summed E-state index contributed by atoms with van der Waals surface area (Å²) in [6, 6.07) is 4.16. The van der Waals surface area contributed by atoms with E-state index in [4.69, 9.17) is 10.5 Å². The molecule has 3 nitrogen and oxygen atoms in total. The Morgan fingerprint density at radius 1 is 1.50 bits per heavy atom. The molecule has 0 aliphatic heterocycles. The lowest BCUT2D eigenvalue weighted by molar-refractivity contribution is 0.000903. The number of pyridine rings is 1. The standard InChI is InChI=1S/C8H10F2N2O.ClH/c1-13-7-4-2-3-6(12-7)8(9,10)5-11;/h2-4H,5,11H2,1H3;1H. The fourth-order valence-electron chi connectivity index (χ4n) is 0.837. The van der Waals surface area contributed by atoms with Gasteiger partial charge in [-0.1, -0.05) is 6.07 Å². The highest BCUT2D eigenvalue weighted by molar-refractivity contribution is 5.85. The average Bonchev–Trinajstić information content (AvgIpc) is 2.18. The molecule has 0 aliphatic carbocycles. The Morgan fingerprint density at radius 2 is 2.14 bits per heavy atom. The summed E-state index contributed by atoms with van der Waals surface area (Å²) in [5.74, 6) is -2.93. The van der Waals surface area contributed by atoms with Crippen LogP contribution in [0.5, 0.6) is 5.88 Å². The lowest BCUT2D eigenvalue weighted by atomic mass is 10.2. The van der Waals surface area contributed by atoms with Crippen molar-refractivity contribution >= 4 is 12.4 Å². The van der Waals surface area contributed by atoms with Crippen LogP contribution in [0.25, 0.3) is 0 Å². The molecule has 0 amide bonds. The zero-order chi connectivity index (χ0) is 9.90. The quantitative estimate of drug-likeness (QED) is 0.848. The smallest absolute Gasteiger partial charge is 0.301 e. The lowest BCUT2D eigenvalue weighted by Gasteiger charge is -2.13. The molecule has 0 fully saturated rings. The van der Waals surface area contributed by atoms with Crippen molar-refractivity contribution in [3.63, 3.8) is 0 Å². The van der Waals surface area contributed by atoms with E-state index >= 15 is 0 Å². The minimum absolute atomic E-state index is 0. The van der Waals surface area contributed by atoms with E-state index in [0.29, 0.717) is 0 Å². The van der Waals surface area contributed by atoms with Crippen LogP contribution < -0.4 is 10.5 Å². The zero-order valence-electron chi connectivity index (χ0n) is 7.54. The van der Waals surface area contributed by atoms with Gasteiger partial charge in [-0.3, -0.25) is 0 Å². The fraction of sp³-hybridized carbons (Fsp3) is 0.375. The van der Waals surface area contributed by atoms with E-state index in [2.05, 4.69) is 4.98 Å². The number of hydrogen-bond donors (Lipinski definition) is 1. The van der Waals surface area contributed by atoms with Crippen molar-refractivity contribution in [3.05, 3.63) is 23.9 Å². The Bertz CT molecular complexity index is 296. The van der Waals surface area contributed by atoms with Gasteiger partial charge in [-0.25, -0.2) is 4.98 Å². The van der Waals surface area contributed by atoms with Crippen LogP contribution in [0.3, 0.4) is 0 Å². The maximum absolute atomic E-state index is 13.0. The van der Waals surface area contributed by atoms with Gasteiger partial charge in [0, 0.05) is 6.07 Å². The first-order valence-electron chi connectivity index (χ1n) is 3.69. The van der Waals surface area contributed by atoms with Crippen LogP contribution in [-0.4, -0.2) is 18.6 Å². The van der Waals surface area contributed by atoms with Gasteiger partial charge in [0.2, 0.25) is 5.88 Å². The van der Waals surface area contributed by atoms with Gasteiger partial charge in [0.25, 0.3) is 0 Å². The normalized spacial score (nSPS) is 10.6. The summed E-state index contributed by atoms with van der Waals surface area (Å²) in [6.45, 7) is -0.757. The van der Waals surface area contributed by atoms with Crippen molar-refractivity contribution < 1.29 is 13.5 Å². The van der Waals surface area contributed by atoms with Gasteiger partial charge in [0.15, 0.2) is 0 Å². The van der Waals surface area contributed by atoms with Gasteiger partial charge in [-0.15, -0.1) is 12.4 Å². The van der Waals surface area contributed by atoms with Gasteiger partial charge in [0.1, 0.15) is 5.69 Å². The second-order valence-corrected chi connectivity index (χ2v) is 2.47. The first-order chi connectivity index (χ1) is 6.10. The van der Waals surface area contributed by atoms with Crippen LogP contribution in [0.2, 0.25) is 0 Å². The fourth-order valence-corrected chi connectivity index (χ4v) is 0.837. The second-order valence-electron chi connectivity index (χ2n) is 2.47. The number of methoxy groups -OCH3 is 1. The van der Waals surface area contributed by atoms with Crippen LogP contribution in [0.4, 0.5) is 8.78 Å². The highest BCUT2D eigenvalue weighted by Crippen LogP contribution is 2.25. The van der Waals surface area contributed by atoms with E-state index in [9.17, 15) is 8.78 Å². The first kappa shape index (κ1) is 13.1. The third-order valence-corrected chi connectivity index (χ3v) is 1.56. The molecular formula is C8H11ClF2N2O. The predicted molar refractivity (Wildman–Crippen MR) is 51.0 cm³/mol. The Labute approximate surface area is 86.7 Å². The summed E-state index contributed by atoms with van der Waals surface area (Å²) in [4.78, 5) is 3.58. The van der Waals surface area contributed by atoms with E-state index < -0.39 is 12.5 Å². The molecular weight excluding hydrogens is 214 g/mol. The molecule has 0 unspecified atom stereocenters. The van der Waals surface area contributed by atoms with Crippen molar-refractivity contribution in [3.8, 4) is 5.88 Å². The summed E-state index contributed by atoms with van der Waals surface area (Å²) in [5.41, 5.74) is 4.53. The van der Waals surface area contributed by atoms with E-state index in [1.54, 1.807) is 0 Å². The summed E-state index contributed by atoms with van der Waals surface area (Å²) in [5, 5.41) is 0. The monoisotopic (exact) mass is 224 g/mol. The number of ether oxygens (including phenoxy) is 1. The topological polar surface area (TPSA) is 48.1 Å². The molecule has 0 saturated carbocycles. The molecule has 0 radical (unpaired) electrons. The van der Waals surface area contributed by atoms with Crippen LogP contribution in [0.1, 0.15) is 5.69 Å². The molecule has 1 aromatic heterocycles. The molecule has 1 heterocycles. The summed E-state index contributed by atoms with van der Waals surface area (Å²) in [7, 11) is 1.37. The van der Waals surface area contributed by atoms with Crippen molar-refractivity contribution in [2.75, 3.05) is 13.7 Å². The molecule has 0 saturated heterocycles. The molecule has 0 aromatic carbocycles. The molecule has 0 bridgehead atoms. The highest BCUT2D eigenvalue weighted by Gasteiger charge is 2.31. The molecule has 2 N–H and O–H groups in total. The number of hydrogen-bond acceptors (Lipinski definition) is 3. The Morgan fingerprint density at radius 3 is 2.64 bits per heavy atom. The summed E-state index contributed by atoms with van der Waals surface area (Å²) in [6.07, 6.45) is 0. The van der Waals surface area contributed by atoms with Gasteiger partial charge >= 0.3 is 5.92 Å². The first-order valence-corrected chi connectivity index (χ1v) is 3.69. The molecule has 0 atom stereocenters. The largest absolute Gasteiger partial charge is 0.481 e. The Kier molecular flexibility index (Phi) is 4.73. The van der Waals surface area contributed by atoms with Gasteiger partial charge in [0.05, 0.1) is 13.7 Å². The molecule has 0 aliphatic rings. The number of rotatable bonds is 3. The summed E-state index contributed by atoms with van der Waals surface area (Å²) < 4.78 is 30.6. The predicted octanol–water partition coefficient (Wildman–Crippen LogP) is 1.56. The van der Waals surface area contributed by atoms with E-state index in [1.165, 1.54) is 25.3 Å². The van der Waals surface area contributed by atoms with Gasteiger partial charge < -0.3 is 10.5 Å². The lowest BCUT2D eigenvalue weighted by Crippen LogP contribution is -2.26. The van der Waals surface area contributed by atoms with Crippen LogP contribution in [-0.2, 0) is 5.92 Å². The SMILES string of the molecule is COc1cccc(C(F)(F)CN)n1.Cl. The molecule has 80 valence electrons. The highest BCUT2D eigenvalue weighted by atomic mass is 35.5. The van der Waals surface area contributed by atoms with Gasteiger partial charge in [-0.05, 0) is 6.07 Å². The number of alkyl halides is 2. The third kappa shape index (κ3) is 2.78. The van der Waals surface area contributed by atoms with Crippen LogP contribution in [0.15, 0.2) is 18.2 Å². The van der Waals surface area contributed by atoms with Crippen LogP contribution in [0, 0.1) is 0 Å². The number of nitrogens with zero attached hydrogens (tertiary/aromatic N) is 1. The molecule has 1 rings (SSSR count). The van der Waals surface area contributed by atoms with Crippen molar-refractivity contribution in [1.29, 1.82) is 0 Å². The molecule has 0 spiro atoms. The van der Waals surface area contributed by atoms with E-state index in [0.717, 1.165) is 0 Å². The van der Waals surface area contributed by atoms with Crippen LogP contribution >= 0.6 is 12.4 Å². The second kappa shape index (κ2) is 5.07. The number of aromatic nitrogens is 1. The molecule has 6 heteroatoms. The number of nitrogens with two attached hydrogens (primary N) is 1. The minimum atomic E-state index is -3.09. The van der Waals surface area contributed by atoms with Crippen molar-refractivity contribution in [2.45, 2.75) is 5.92 Å². The van der Waals surface area contributed by atoms with Crippen molar-refractivity contribution in [1.82, 2.24) is 4.98 Å². The Balaban J connectivity index is 0.00000169. The van der Waals surface area contributed by atoms with Crippen molar-refractivity contribution in [2.24, 2.45) is 5.73 Å². The average molecular weight is 225 g/mol. The minimum Gasteiger partial charge on any atom is -0.481 e. The van der Waals surface area contributed by atoms with Gasteiger partial charge in [-0.2, -0.15) is 8.78 Å². The molecule has 14 heavy (non-hydrogen) atoms. The van der Waals surface area contributed by atoms with E-state index in [-0.39, 0.29) is 24.0 Å².